The molecule has 2 fully saturated rings. The van der Waals surface area contributed by atoms with E-state index in [2.05, 4.69) is 48.9 Å². The zero-order valence-electron chi connectivity index (χ0n) is 16.2. The van der Waals surface area contributed by atoms with Crippen molar-refractivity contribution in [1.29, 1.82) is 0 Å². The SMILES string of the molecule is COc1cc(Br)c(C2C(=O)[C@H]3C=C[C@]34C(C)(C)CCC[C@]24C)cc1OC. The van der Waals surface area contributed by atoms with E-state index in [1.165, 1.54) is 12.8 Å². The molecular formula is C22H27BrO3. The molecule has 3 nitrogen and oxygen atoms in total. The summed E-state index contributed by atoms with van der Waals surface area (Å²) >= 11 is 3.71. The van der Waals surface area contributed by atoms with Crippen LogP contribution in [-0.2, 0) is 4.79 Å². The van der Waals surface area contributed by atoms with Crippen molar-refractivity contribution < 1.29 is 14.3 Å². The number of Topliss-reactive ketones (excluding diaryl/α,β-unsaturated/α-hetero) is 1. The second kappa shape index (κ2) is 5.60. The van der Waals surface area contributed by atoms with E-state index in [9.17, 15) is 4.79 Å². The van der Waals surface area contributed by atoms with Crippen LogP contribution in [0.3, 0.4) is 0 Å². The Bertz CT molecular complexity index is 812. The maximum atomic E-state index is 13.6. The summed E-state index contributed by atoms with van der Waals surface area (Å²) in [5.41, 5.74) is 1.05. The first-order valence-electron chi connectivity index (χ1n) is 9.38. The monoisotopic (exact) mass is 418 g/mol. The molecule has 26 heavy (non-hydrogen) atoms. The van der Waals surface area contributed by atoms with Crippen molar-refractivity contribution in [2.45, 2.75) is 46.0 Å². The number of rotatable bonds is 3. The zero-order valence-corrected chi connectivity index (χ0v) is 17.8. The summed E-state index contributed by atoms with van der Waals surface area (Å²) < 4.78 is 11.9. The Labute approximate surface area is 164 Å². The van der Waals surface area contributed by atoms with Crippen LogP contribution in [0.2, 0.25) is 0 Å². The van der Waals surface area contributed by atoms with Gasteiger partial charge in [0.25, 0.3) is 0 Å². The third kappa shape index (κ3) is 1.92. The molecule has 0 amide bonds. The van der Waals surface area contributed by atoms with Gasteiger partial charge in [-0.3, -0.25) is 4.79 Å². The third-order valence-electron chi connectivity index (χ3n) is 7.65. The lowest BCUT2D eigenvalue weighted by Gasteiger charge is -2.62. The van der Waals surface area contributed by atoms with E-state index in [4.69, 9.17) is 9.47 Å². The summed E-state index contributed by atoms with van der Waals surface area (Å²) in [6, 6.07) is 3.93. The van der Waals surface area contributed by atoms with Crippen molar-refractivity contribution in [3.63, 3.8) is 0 Å². The average Bonchev–Trinajstić information content (AvgIpc) is 2.67. The van der Waals surface area contributed by atoms with Gasteiger partial charge in [0.2, 0.25) is 0 Å². The summed E-state index contributed by atoms with van der Waals surface area (Å²) in [7, 11) is 3.28. The molecule has 3 aliphatic rings. The fraction of sp³-hybridized carbons (Fsp3) is 0.591. The molecule has 0 aromatic heterocycles. The van der Waals surface area contributed by atoms with E-state index >= 15 is 0 Å². The topological polar surface area (TPSA) is 35.5 Å². The van der Waals surface area contributed by atoms with Crippen LogP contribution in [0.1, 0.15) is 51.5 Å². The van der Waals surface area contributed by atoms with Crippen LogP contribution in [-0.4, -0.2) is 20.0 Å². The lowest BCUT2D eigenvalue weighted by molar-refractivity contribution is -0.123. The lowest BCUT2D eigenvalue weighted by Crippen LogP contribution is -2.56. The molecule has 0 bridgehead atoms. The van der Waals surface area contributed by atoms with Gasteiger partial charge in [-0.2, -0.15) is 0 Å². The first-order valence-corrected chi connectivity index (χ1v) is 10.2. The van der Waals surface area contributed by atoms with Crippen molar-refractivity contribution in [2.75, 3.05) is 14.2 Å². The summed E-state index contributed by atoms with van der Waals surface area (Å²) in [6.07, 6.45) is 7.91. The average molecular weight is 419 g/mol. The second-order valence-electron chi connectivity index (χ2n) is 8.92. The number of hydrogen-bond donors (Lipinski definition) is 0. The predicted octanol–water partition coefficient (Wildman–Crippen LogP) is 5.52. The molecule has 1 unspecified atom stereocenters. The number of methoxy groups -OCH3 is 2. The number of ketones is 1. The number of ether oxygens (including phenoxy) is 2. The Morgan fingerprint density at radius 3 is 2.31 bits per heavy atom. The molecule has 1 aromatic carbocycles. The molecule has 2 saturated carbocycles. The quantitative estimate of drug-likeness (QED) is 0.605. The van der Waals surface area contributed by atoms with Crippen molar-refractivity contribution in [3.8, 4) is 11.5 Å². The van der Waals surface area contributed by atoms with Gasteiger partial charge in [-0.1, -0.05) is 55.3 Å². The number of benzene rings is 1. The van der Waals surface area contributed by atoms with Gasteiger partial charge in [-0.15, -0.1) is 0 Å². The van der Waals surface area contributed by atoms with Gasteiger partial charge < -0.3 is 9.47 Å². The van der Waals surface area contributed by atoms with Crippen LogP contribution < -0.4 is 9.47 Å². The van der Waals surface area contributed by atoms with E-state index < -0.39 is 0 Å². The summed E-state index contributed by atoms with van der Waals surface area (Å²) in [4.78, 5) is 13.6. The largest absolute Gasteiger partial charge is 0.493 e. The van der Waals surface area contributed by atoms with Gasteiger partial charge >= 0.3 is 0 Å². The highest BCUT2D eigenvalue weighted by Gasteiger charge is 2.73. The molecule has 3 aliphatic carbocycles. The maximum absolute atomic E-state index is 13.6. The van der Waals surface area contributed by atoms with Crippen molar-refractivity contribution in [3.05, 3.63) is 34.3 Å². The first kappa shape index (κ1) is 18.1. The van der Waals surface area contributed by atoms with Gasteiger partial charge in [-0.25, -0.2) is 0 Å². The Balaban J connectivity index is 1.90. The molecule has 4 rings (SSSR count). The Morgan fingerprint density at radius 2 is 1.73 bits per heavy atom. The summed E-state index contributed by atoms with van der Waals surface area (Å²) in [5.74, 6) is 1.62. The number of hydrogen-bond acceptors (Lipinski definition) is 3. The van der Waals surface area contributed by atoms with Crippen LogP contribution in [0.4, 0.5) is 0 Å². The highest BCUT2D eigenvalue weighted by molar-refractivity contribution is 9.10. The molecule has 1 aromatic rings. The predicted molar refractivity (Wildman–Crippen MR) is 106 cm³/mol. The van der Waals surface area contributed by atoms with Crippen molar-refractivity contribution in [1.82, 2.24) is 0 Å². The molecule has 1 spiro atoms. The molecule has 0 aliphatic heterocycles. The molecule has 0 N–H and O–H groups in total. The van der Waals surface area contributed by atoms with E-state index in [1.54, 1.807) is 14.2 Å². The molecule has 4 heteroatoms. The van der Waals surface area contributed by atoms with Crippen LogP contribution in [0, 0.1) is 22.2 Å². The minimum absolute atomic E-state index is 0.0350. The normalized spacial score (nSPS) is 36.9. The molecule has 0 radical (unpaired) electrons. The van der Waals surface area contributed by atoms with Crippen LogP contribution in [0.25, 0.3) is 0 Å². The number of carbonyl (C=O) groups is 1. The summed E-state index contributed by atoms with van der Waals surface area (Å²) in [6.45, 7) is 7.03. The molecule has 0 saturated heterocycles. The molecule has 4 atom stereocenters. The minimum atomic E-state index is -0.128. The Kier molecular flexibility index (Phi) is 3.90. The van der Waals surface area contributed by atoms with Crippen LogP contribution in [0.5, 0.6) is 11.5 Å². The smallest absolute Gasteiger partial charge is 0.161 e. The number of allylic oxidation sites excluding steroid dienone is 2. The fourth-order valence-electron chi connectivity index (χ4n) is 6.44. The Hall–Kier alpha value is -1.29. The van der Waals surface area contributed by atoms with Gasteiger partial charge in [0.1, 0.15) is 5.78 Å². The lowest BCUT2D eigenvalue weighted by atomic mass is 9.41. The van der Waals surface area contributed by atoms with Gasteiger partial charge in [0.15, 0.2) is 11.5 Å². The third-order valence-corrected chi connectivity index (χ3v) is 8.33. The standard InChI is InChI=1S/C22H27BrO3/c1-20(2)8-6-9-21(3)18(19(24)14-7-10-22(14,20)21)13-11-16(25-4)17(26-5)12-15(13)23/h7,10-12,14,18H,6,8-9H2,1-5H3/t14-,18?,21-,22-/m1/s1. The summed E-state index contributed by atoms with van der Waals surface area (Å²) in [5, 5.41) is 0. The number of carbonyl (C=O) groups excluding carboxylic acids is 1. The maximum Gasteiger partial charge on any atom is 0.161 e. The van der Waals surface area contributed by atoms with E-state index in [-0.39, 0.29) is 28.1 Å². The zero-order chi connectivity index (χ0) is 18.9. The van der Waals surface area contributed by atoms with Crippen molar-refractivity contribution >= 4 is 21.7 Å². The van der Waals surface area contributed by atoms with E-state index in [0.29, 0.717) is 17.3 Å². The first-order chi connectivity index (χ1) is 12.2. The molecular weight excluding hydrogens is 392 g/mol. The van der Waals surface area contributed by atoms with Gasteiger partial charge in [0, 0.05) is 15.8 Å². The van der Waals surface area contributed by atoms with Crippen molar-refractivity contribution in [2.24, 2.45) is 22.2 Å². The van der Waals surface area contributed by atoms with Gasteiger partial charge in [0.05, 0.1) is 20.1 Å². The van der Waals surface area contributed by atoms with E-state index in [1.807, 2.05) is 12.1 Å². The highest BCUT2D eigenvalue weighted by Crippen LogP contribution is 2.77. The van der Waals surface area contributed by atoms with Gasteiger partial charge in [-0.05, 0) is 41.4 Å². The highest BCUT2D eigenvalue weighted by atomic mass is 79.9. The van der Waals surface area contributed by atoms with Crippen LogP contribution in [0.15, 0.2) is 28.8 Å². The number of halogens is 1. The second-order valence-corrected chi connectivity index (χ2v) is 9.78. The Morgan fingerprint density at radius 1 is 1.08 bits per heavy atom. The fourth-order valence-corrected chi connectivity index (χ4v) is 7.00. The van der Waals surface area contributed by atoms with E-state index in [0.717, 1.165) is 16.5 Å². The minimum Gasteiger partial charge on any atom is -0.493 e. The molecule has 0 heterocycles. The van der Waals surface area contributed by atoms with Crippen LogP contribution >= 0.6 is 15.9 Å². The molecule has 140 valence electrons.